The van der Waals surface area contributed by atoms with Crippen LogP contribution in [0.25, 0.3) is 16.6 Å². The lowest BCUT2D eigenvalue weighted by atomic mass is 9.89. The molecule has 0 bridgehead atoms. The van der Waals surface area contributed by atoms with Crippen LogP contribution < -0.4 is 5.32 Å². The number of hydrogen-bond acceptors (Lipinski definition) is 2. The molecule has 1 atom stereocenters. The van der Waals surface area contributed by atoms with Gasteiger partial charge in [-0.1, -0.05) is 49.7 Å². The molecule has 1 aliphatic heterocycles. The Morgan fingerprint density at radius 3 is 2.64 bits per heavy atom. The molecule has 1 saturated heterocycles. The topological polar surface area (TPSA) is 37.3 Å². The van der Waals surface area contributed by atoms with E-state index < -0.39 is 0 Å². The van der Waals surface area contributed by atoms with Gasteiger partial charge in [0.25, 0.3) is 0 Å². The molecule has 3 aromatic rings. The second kappa shape index (κ2) is 10.8. The fourth-order valence-corrected chi connectivity index (χ4v) is 5.94. The number of amides is 1. The van der Waals surface area contributed by atoms with Crippen molar-refractivity contribution in [3.05, 3.63) is 83.0 Å². The number of alkyl halides is 1. The Bertz CT molecular complexity index is 1310. The van der Waals surface area contributed by atoms with E-state index in [1.165, 1.54) is 22.0 Å². The summed E-state index contributed by atoms with van der Waals surface area (Å²) < 4.78 is 2.22. The standard InChI is InChI=1S/C30H33Cl2N3O/c1-20(2)30(36)33-26-7-3-5-22(15-26)21-9-12-34(13-10-21)19-23-6-4-8-29-28(23)11-14-35(29)27-17-24(31)16-25(32)18-27/h3-8,11,14-17,20-21,25H,9-10,12-13,18-19H2,1-2H3,(H,33,36). The molecular weight excluding hydrogens is 489 g/mol. The summed E-state index contributed by atoms with van der Waals surface area (Å²) in [7, 11) is 0. The van der Waals surface area contributed by atoms with E-state index >= 15 is 0 Å². The molecule has 1 amide bonds. The van der Waals surface area contributed by atoms with Crippen LogP contribution in [-0.4, -0.2) is 33.8 Å². The van der Waals surface area contributed by atoms with E-state index in [4.69, 9.17) is 23.2 Å². The monoisotopic (exact) mass is 521 g/mol. The number of aromatic nitrogens is 1. The Morgan fingerprint density at radius 2 is 1.89 bits per heavy atom. The molecule has 2 heterocycles. The number of nitrogens with zero attached hydrogens (tertiary/aromatic N) is 2. The van der Waals surface area contributed by atoms with Gasteiger partial charge in [-0.05, 0) is 79.4 Å². The van der Waals surface area contributed by atoms with Gasteiger partial charge in [-0.3, -0.25) is 9.69 Å². The van der Waals surface area contributed by atoms with Gasteiger partial charge in [-0.15, -0.1) is 11.6 Å². The average molecular weight is 523 g/mol. The van der Waals surface area contributed by atoms with Crippen molar-refractivity contribution in [3.8, 4) is 0 Å². The number of benzene rings is 2. The molecule has 0 radical (unpaired) electrons. The molecule has 36 heavy (non-hydrogen) atoms. The quantitative estimate of drug-likeness (QED) is 0.339. The van der Waals surface area contributed by atoms with Gasteiger partial charge in [0.1, 0.15) is 0 Å². The minimum absolute atomic E-state index is 0.0236. The number of anilines is 1. The Kier molecular flexibility index (Phi) is 7.57. The Balaban J connectivity index is 1.25. The molecule has 2 aliphatic rings. The molecule has 2 aromatic carbocycles. The van der Waals surface area contributed by atoms with Crippen molar-refractivity contribution in [3.63, 3.8) is 0 Å². The predicted molar refractivity (Wildman–Crippen MR) is 152 cm³/mol. The van der Waals surface area contributed by atoms with E-state index in [9.17, 15) is 4.79 Å². The van der Waals surface area contributed by atoms with Crippen LogP contribution in [-0.2, 0) is 11.3 Å². The summed E-state index contributed by atoms with van der Waals surface area (Å²) in [5.41, 5.74) is 5.89. The van der Waals surface area contributed by atoms with E-state index in [1.807, 2.05) is 32.1 Å². The summed E-state index contributed by atoms with van der Waals surface area (Å²) >= 11 is 12.7. The van der Waals surface area contributed by atoms with Crippen LogP contribution >= 0.6 is 23.2 Å². The summed E-state index contributed by atoms with van der Waals surface area (Å²) in [5, 5.41) is 4.94. The molecule has 1 aliphatic carbocycles. The van der Waals surface area contributed by atoms with Gasteiger partial charge < -0.3 is 9.88 Å². The van der Waals surface area contributed by atoms with Gasteiger partial charge in [0, 0.05) is 46.9 Å². The van der Waals surface area contributed by atoms with Crippen molar-refractivity contribution in [2.75, 3.05) is 18.4 Å². The number of nitrogens with one attached hydrogen (secondary N) is 1. The lowest BCUT2D eigenvalue weighted by Crippen LogP contribution is -2.32. The number of fused-ring (bicyclic) bond motifs is 1. The Hall–Kier alpha value is -2.53. The van der Waals surface area contributed by atoms with Crippen LogP contribution in [0.1, 0.15) is 50.2 Å². The van der Waals surface area contributed by atoms with E-state index in [-0.39, 0.29) is 17.2 Å². The van der Waals surface area contributed by atoms with Gasteiger partial charge in [-0.25, -0.2) is 0 Å². The fraction of sp³-hybridized carbons (Fsp3) is 0.367. The van der Waals surface area contributed by atoms with Gasteiger partial charge in [0.2, 0.25) is 5.91 Å². The number of carbonyl (C=O) groups is 1. The minimum Gasteiger partial charge on any atom is -0.326 e. The molecule has 4 nitrogen and oxygen atoms in total. The second-order valence-corrected chi connectivity index (χ2v) is 11.3. The first-order valence-electron chi connectivity index (χ1n) is 12.8. The Morgan fingerprint density at radius 1 is 1.11 bits per heavy atom. The highest BCUT2D eigenvalue weighted by Gasteiger charge is 2.22. The molecule has 1 fully saturated rings. The number of piperidine rings is 1. The third-order valence-corrected chi connectivity index (χ3v) is 7.83. The zero-order valence-corrected chi connectivity index (χ0v) is 22.4. The van der Waals surface area contributed by atoms with E-state index in [1.54, 1.807) is 0 Å². The summed E-state index contributed by atoms with van der Waals surface area (Å²) in [6.45, 7) is 6.89. The fourth-order valence-electron chi connectivity index (χ4n) is 5.31. The number of hydrogen-bond donors (Lipinski definition) is 1. The van der Waals surface area contributed by atoms with Crippen LogP contribution in [0.5, 0.6) is 0 Å². The molecule has 0 saturated carbocycles. The maximum absolute atomic E-state index is 12.1. The summed E-state index contributed by atoms with van der Waals surface area (Å²) in [6, 6.07) is 17.2. The van der Waals surface area contributed by atoms with Crippen LogP contribution in [0.15, 0.2) is 71.9 Å². The van der Waals surface area contributed by atoms with Crippen molar-refractivity contribution >= 4 is 51.4 Å². The van der Waals surface area contributed by atoms with Crippen molar-refractivity contribution < 1.29 is 4.79 Å². The summed E-state index contributed by atoms with van der Waals surface area (Å²) in [4.78, 5) is 14.7. The van der Waals surface area contributed by atoms with E-state index in [2.05, 4.69) is 63.4 Å². The zero-order valence-electron chi connectivity index (χ0n) is 20.9. The van der Waals surface area contributed by atoms with Crippen LogP contribution in [0.2, 0.25) is 0 Å². The van der Waals surface area contributed by atoms with E-state index in [0.717, 1.165) is 50.3 Å². The number of likely N-dealkylation sites (tertiary alicyclic amines) is 1. The first-order valence-corrected chi connectivity index (χ1v) is 13.6. The van der Waals surface area contributed by atoms with Crippen molar-refractivity contribution in [2.24, 2.45) is 5.92 Å². The SMILES string of the molecule is CC(C)C(=O)Nc1cccc(C2CCN(Cc3cccc4c3ccn4C3=CC(Cl)=CC(Cl)C3)CC2)c1. The number of halogens is 2. The lowest BCUT2D eigenvalue weighted by Gasteiger charge is -2.32. The van der Waals surface area contributed by atoms with Crippen LogP contribution in [0, 0.1) is 5.92 Å². The smallest absolute Gasteiger partial charge is 0.226 e. The van der Waals surface area contributed by atoms with Gasteiger partial charge >= 0.3 is 0 Å². The number of allylic oxidation sites excluding steroid dienone is 4. The average Bonchev–Trinajstić information content (AvgIpc) is 3.29. The molecule has 1 unspecified atom stereocenters. The highest BCUT2D eigenvalue weighted by Crippen LogP contribution is 2.33. The third kappa shape index (κ3) is 5.56. The molecule has 0 spiro atoms. The maximum Gasteiger partial charge on any atom is 0.226 e. The van der Waals surface area contributed by atoms with Gasteiger partial charge in [-0.2, -0.15) is 0 Å². The first-order chi connectivity index (χ1) is 17.4. The predicted octanol–water partition coefficient (Wildman–Crippen LogP) is 7.59. The molecule has 188 valence electrons. The first kappa shape index (κ1) is 25.1. The zero-order chi connectivity index (χ0) is 25.2. The van der Waals surface area contributed by atoms with Gasteiger partial charge in [0.05, 0.1) is 10.9 Å². The normalized spacial score (nSPS) is 19.4. The highest BCUT2D eigenvalue weighted by atomic mass is 35.5. The molecule has 5 rings (SSSR count). The molecular formula is C30H33Cl2N3O. The molecule has 1 aromatic heterocycles. The van der Waals surface area contributed by atoms with Crippen LogP contribution in [0.3, 0.4) is 0 Å². The summed E-state index contributed by atoms with van der Waals surface area (Å²) in [6.07, 6.45) is 9.05. The number of carbonyl (C=O) groups excluding carboxylic acids is 1. The molecule has 1 N–H and O–H groups in total. The third-order valence-electron chi connectivity index (χ3n) is 7.31. The minimum atomic E-state index is -0.0772. The van der Waals surface area contributed by atoms with Crippen molar-refractivity contribution in [1.29, 1.82) is 0 Å². The van der Waals surface area contributed by atoms with Crippen LogP contribution in [0.4, 0.5) is 5.69 Å². The second-order valence-electron chi connectivity index (χ2n) is 10.3. The summed E-state index contributed by atoms with van der Waals surface area (Å²) in [5.74, 6) is 0.560. The maximum atomic E-state index is 12.1. The Labute approximate surface area is 223 Å². The van der Waals surface area contributed by atoms with Gasteiger partial charge in [0.15, 0.2) is 0 Å². The molecule has 6 heteroatoms. The van der Waals surface area contributed by atoms with E-state index in [0.29, 0.717) is 11.0 Å². The van der Waals surface area contributed by atoms with Crippen molar-refractivity contribution in [1.82, 2.24) is 9.47 Å². The highest BCUT2D eigenvalue weighted by molar-refractivity contribution is 6.33. The number of rotatable bonds is 6. The van der Waals surface area contributed by atoms with Crippen molar-refractivity contribution in [2.45, 2.75) is 50.9 Å². The lowest BCUT2D eigenvalue weighted by molar-refractivity contribution is -0.118. The largest absolute Gasteiger partial charge is 0.326 e.